The van der Waals surface area contributed by atoms with Crippen LogP contribution in [0.2, 0.25) is 0 Å². The Balaban J connectivity index is 1.98. The molecule has 1 saturated heterocycles. The van der Waals surface area contributed by atoms with Crippen LogP contribution in [0.5, 0.6) is 0 Å². The third-order valence-corrected chi connectivity index (χ3v) is 3.67. The third-order valence-electron chi connectivity index (χ3n) is 3.67. The van der Waals surface area contributed by atoms with Crippen molar-refractivity contribution in [2.24, 2.45) is 5.73 Å². The maximum Gasteiger partial charge on any atom is 0.0940 e. The largest absolute Gasteiger partial charge is 0.394 e. The molecular formula is C12H24N2O2. The maximum absolute atomic E-state index is 9.26. The van der Waals surface area contributed by atoms with Gasteiger partial charge in [0, 0.05) is 25.2 Å². The average Bonchev–Trinajstić information content (AvgIpc) is 2.62. The number of nitrogens with two attached hydrogens (primary N) is 1. The molecule has 0 bridgehead atoms. The van der Waals surface area contributed by atoms with E-state index in [4.69, 9.17) is 10.5 Å². The Morgan fingerprint density at radius 1 is 1.44 bits per heavy atom. The highest BCUT2D eigenvalue weighted by molar-refractivity contribution is 4.91. The highest BCUT2D eigenvalue weighted by atomic mass is 16.5. The molecule has 16 heavy (non-hydrogen) atoms. The standard InChI is InChI=1S/C12H24N2O2/c1-12(2)8-14(6-11(7-15)16-12)10-4-3-9(13)5-10/h9-11,15H,3-8,13H2,1-2H3. The smallest absolute Gasteiger partial charge is 0.0940 e. The fourth-order valence-corrected chi connectivity index (χ4v) is 3.04. The van der Waals surface area contributed by atoms with Gasteiger partial charge in [-0.2, -0.15) is 0 Å². The van der Waals surface area contributed by atoms with Crippen LogP contribution in [0.3, 0.4) is 0 Å². The average molecular weight is 228 g/mol. The van der Waals surface area contributed by atoms with E-state index in [0.717, 1.165) is 25.9 Å². The summed E-state index contributed by atoms with van der Waals surface area (Å²) in [7, 11) is 0. The minimum Gasteiger partial charge on any atom is -0.394 e. The first-order valence-corrected chi connectivity index (χ1v) is 6.28. The van der Waals surface area contributed by atoms with Crippen molar-refractivity contribution < 1.29 is 9.84 Å². The van der Waals surface area contributed by atoms with Gasteiger partial charge in [0.2, 0.25) is 0 Å². The summed E-state index contributed by atoms with van der Waals surface area (Å²) in [5.41, 5.74) is 5.80. The summed E-state index contributed by atoms with van der Waals surface area (Å²) in [6.45, 7) is 6.09. The number of ether oxygens (including phenoxy) is 1. The van der Waals surface area contributed by atoms with Crippen molar-refractivity contribution in [2.75, 3.05) is 19.7 Å². The molecular weight excluding hydrogens is 204 g/mol. The maximum atomic E-state index is 9.26. The fraction of sp³-hybridized carbons (Fsp3) is 1.00. The third kappa shape index (κ3) is 2.74. The summed E-state index contributed by atoms with van der Waals surface area (Å²) in [5, 5.41) is 9.26. The van der Waals surface area contributed by atoms with E-state index in [9.17, 15) is 5.11 Å². The van der Waals surface area contributed by atoms with E-state index < -0.39 is 0 Å². The number of aliphatic hydroxyl groups excluding tert-OH is 1. The number of nitrogens with zero attached hydrogens (tertiary/aromatic N) is 1. The van der Waals surface area contributed by atoms with E-state index in [1.165, 1.54) is 6.42 Å². The van der Waals surface area contributed by atoms with Crippen molar-refractivity contribution in [1.82, 2.24) is 4.90 Å². The van der Waals surface area contributed by atoms with Crippen LogP contribution >= 0.6 is 0 Å². The van der Waals surface area contributed by atoms with Gasteiger partial charge in [0.25, 0.3) is 0 Å². The zero-order valence-corrected chi connectivity index (χ0v) is 10.4. The molecule has 0 aromatic carbocycles. The topological polar surface area (TPSA) is 58.7 Å². The van der Waals surface area contributed by atoms with Gasteiger partial charge in [-0.05, 0) is 33.1 Å². The predicted octanol–water partition coefficient (Wildman–Crippen LogP) is 0.338. The Kier molecular flexibility index (Phi) is 3.54. The van der Waals surface area contributed by atoms with Crippen LogP contribution in [0.25, 0.3) is 0 Å². The van der Waals surface area contributed by atoms with Gasteiger partial charge in [-0.25, -0.2) is 0 Å². The van der Waals surface area contributed by atoms with Crippen LogP contribution in [0, 0.1) is 0 Å². The van der Waals surface area contributed by atoms with Gasteiger partial charge >= 0.3 is 0 Å². The van der Waals surface area contributed by atoms with Crippen molar-refractivity contribution in [3.8, 4) is 0 Å². The lowest BCUT2D eigenvalue weighted by Gasteiger charge is -2.44. The molecule has 3 atom stereocenters. The minimum atomic E-state index is -0.154. The quantitative estimate of drug-likeness (QED) is 0.715. The molecule has 4 nitrogen and oxygen atoms in total. The Labute approximate surface area is 97.7 Å². The molecule has 2 fully saturated rings. The molecule has 3 N–H and O–H groups in total. The molecule has 1 aliphatic heterocycles. The summed E-state index contributed by atoms with van der Waals surface area (Å²) >= 11 is 0. The lowest BCUT2D eigenvalue weighted by molar-refractivity contribution is -0.156. The lowest BCUT2D eigenvalue weighted by Crippen LogP contribution is -2.56. The Bertz CT molecular complexity index is 245. The summed E-state index contributed by atoms with van der Waals surface area (Å²) in [5.74, 6) is 0. The Morgan fingerprint density at radius 2 is 2.19 bits per heavy atom. The van der Waals surface area contributed by atoms with Crippen LogP contribution in [0.15, 0.2) is 0 Å². The van der Waals surface area contributed by atoms with E-state index in [0.29, 0.717) is 12.1 Å². The van der Waals surface area contributed by atoms with Crippen LogP contribution in [-0.2, 0) is 4.74 Å². The summed E-state index contributed by atoms with van der Waals surface area (Å²) < 4.78 is 5.82. The Morgan fingerprint density at radius 3 is 2.75 bits per heavy atom. The van der Waals surface area contributed by atoms with Crippen LogP contribution in [0.4, 0.5) is 0 Å². The monoisotopic (exact) mass is 228 g/mol. The molecule has 1 heterocycles. The summed E-state index contributed by atoms with van der Waals surface area (Å²) in [6.07, 6.45) is 3.37. The van der Waals surface area contributed by atoms with Crippen LogP contribution in [-0.4, -0.2) is 53.5 Å². The zero-order valence-electron chi connectivity index (χ0n) is 10.4. The molecule has 2 rings (SSSR count). The van der Waals surface area contributed by atoms with Gasteiger partial charge in [-0.3, -0.25) is 4.90 Å². The molecule has 1 aliphatic carbocycles. The number of aliphatic hydroxyl groups is 1. The molecule has 2 aliphatic rings. The number of hydrogen-bond donors (Lipinski definition) is 2. The van der Waals surface area contributed by atoms with Crippen LogP contribution < -0.4 is 5.73 Å². The number of morpholine rings is 1. The van der Waals surface area contributed by atoms with Gasteiger partial charge in [0.15, 0.2) is 0 Å². The molecule has 94 valence electrons. The highest BCUT2D eigenvalue weighted by Crippen LogP contribution is 2.29. The SMILES string of the molecule is CC1(C)CN(C2CCC(N)C2)CC(CO)O1. The van der Waals surface area contributed by atoms with Gasteiger partial charge in [0.1, 0.15) is 0 Å². The van der Waals surface area contributed by atoms with Crippen molar-refractivity contribution in [2.45, 2.75) is 56.9 Å². The van der Waals surface area contributed by atoms with E-state index in [-0.39, 0.29) is 18.3 Å². The molecule has 0 radical (unpaired) electrons. The van der Waals surface area contributed by atoms with E-state index in [1.807, 2.05) is 0 Å². The normalized spacial score (nSPS) is 40.1. The second-order valence-electron chi connectivity index (χ2n) is 5.84. The number of hydrogen-bond acceptors (Lipinski definition) is 4. The molecule has 1 saturated carbocycles. The van der Waals surface area contributed by atoms with Crippen molar-refractivity contribution in [3.05, 3.63) is 0 Å². The van der Waals surface area contributed by atoms with Gasteiger partial charge in [-0.1, -0.05) is 0 Å². The predicted molar refractivity (Wildman–Crippen MR) is 63.2 cm³/mol. The second kappa shape index (κ2) is 4.61. The second-order valence-corrected chi connectivity index (χ2v) is 5.84. The van der Waals surface area contributed by atoms with Crippen molar-refractivity contribution in [3.63, 3.8) is 0 Å². The van der Waals surface area contributed by atoms with Gasteiger partial charge in [-0.15, -0.1) is 0 Å². The summed E-state index contributed by atoms with van der Waals surface area (Å²) in [6, 6.07) is 0.954. The highest BCUT2D eigenvalue weighted by Gasteiger charge is 2.38. The van der Waals surface area contributed by atoms with E-state index in [1.54, 1.807) is 0 Å². The molecule has 3 unspecified atom stereocenters. The first kappa shape index (κ1) is 12.3. The first-order valence-electron chi connectivity index (χ1n) is 6.28. The molecule has 0 aromatic rings. The lowest BCUT2D eigenvalue weighted by atomic mass is 10.0. The zero-order chi connectivity index (χ0) is 11.8. The molecule has 4 heteroatoms. The minimum absolute atomic E-state index is 0.0411. The summed E-state index contributed by atoms with van der Waals surface area (Å²) in [4.78, 5) is 2.46. The van der Waals surface area contributed by atoms with Crippen molar-refractivity contribution >= 4 is 0 Å². The Hall–Kier alpha value is -0.160. The number of rotatable bonds is 2. The van der Waals surface area contributed by atoms with E-state index >= 15 is 0 Å². The molecule has 0 aromatic heterocycles. The van der Waals surface area contributed by atoms with Crippen molar-refractivity contribution in [1.29, 1.82) is 0 Å². The van der Waals surface area contributed by atoms with Crippen LogP contribution in [0.1, 0.15) is 33.1 Å². The fourth-order valence-electron chi connectivity index (χ4n) is 3.04. The first-order chi connectivity index (χ1) is 7.50. The molecule has 0 amide bonds. The van der Waals surface area contributed by atoms with E-state index in [2.05, 4.69) is 18.7 Å². The molecule has 0 spiro atoms. The van der Waals surface area contributed by atoms with Gasteiger partial charge < -0.3 is 15.6 Å². The van der Waals surface area contributed by atoms with Gasteiger partial charge in [0.05, 0.1) is 18.3 Å².